The molecule has 1 spiro atoms. The number of piperidine rings is 1. The van der Waals surface area contributed by atoms with Gasteiger partial charge < -0.3 is 19.7 Å². The van der Waals surface area contributed by atoms with E-state index in [4.69, 9.17) is 9.47 Å². The van der Waals surface area contributed by atoms with Crippen molar-refractivity contribution in [2.24, 2.45) is 0 Å². The number of carbonyl (C=O) groups is 1. The zero-order valence-corrected chi connectivity index (χ0v) is 20.2. The fourth-order valence-corrected chi connectivity index (χ4v) is 6.44. The van der Waals surface area contributed by atoms with Crippen LogP contribution in [0.4, 0.5) is 0 Å². The van der Waals surface area contributed by atoms with Gasteiger partial charge in [-0.25, -0.2) is 8.42 Å². The Kier molecular flexibility index (Phi) is 6.37. The average Bonchev–Trinajstić information content (AvgIpc) is 2.86. The van der Waals surface area contributed by atoms with Crippen molar-refractivity contribution in [2.45, 2.75) is 35.8 Å². The molecule has 8 nitrogen and oxygen atoms in total. The molecule has 0 bridgehead atoms. The zero-order chi connectivity index (χ0) is 23.8. The smallest absolute Gasteiger partial charge is 0.251 e. The number of ether oxygens (including phenoxy) is 2. The van der Waals surface area contributed by atoms with Gasteiger partial charge in [0.15, 0.2) is 0 Å². The highest BCUT2D eigenvalue weighted by Gasteiger charge is 2.43. The summed E-state index contributed by atoms with van der Waals surface area (Å²) in [5.74, 6) is 0.607. The lowest BCUT2D eigenvalue weighted by Gasteiger charge is -2.46. The number of sulfonamides is 1. The number of benzene rings is 2. The quantitative estimate of drug-likeness (QED) is 0.716. The third-order valence-electron chi connectivity index (χ3n) is 7.12. The van der Waals surface area contributed by atoms with E-state index in [1.165, 1.54) is 16.4 Å². The summed E-state index contributed by atoms with van der Waals surface area (Å²) in [6.07, 6.45) is 2.55. The van der Waals surface area contributed by atoms with Crippen molar-refractivity contribution in [2.75, 3.05) is 46.4 Å². The Morgan fingerprint density at radius 3 is 2.38 bits per heavy atom. The van der Waals surface area contributed by atoms with Crippen LogP contribution in [0.5, 0.6) is 5.75 Å². The number of fused-ring (bicyclic) bond motifs is 1. The maximum absolute atomic E-state index is 13.2. The van der Waals surface area contributed by atoms with E-state index in [1.807, 2.05) is 24.3 Å². The molecular weight excluding hydrogens is 454 g/mol. The van der Waals surface area contributed by atoms with E-state index in [1.54, 1.807) is 12.1 Å². The molecule has 1 amide bonds. The Bertz CT molecular complexity index is 1140. The van der Waals surface area contributed by atoms with Gasteiger partial charge in [-0.05, 0) is 50.2 Å². The third-order valence-corrected chi connectivity index (χ3v) is 9.04. The molecule has 2 fully saturated rings. The van der Waals surface area contributed by atoms with Crippen LogP contribution < -0.4 is 10.1 Å². The predicted octanol–water partition coefficient (Wildman–Crippen LogP) is 2.43. The van der Waals surface area contributed by atoms with Gasteiger partial charge in [0.05, 0.1) is 24.2 Å². The van der Waals surface area contributed by atoms with Gasteiger partial charge >= 0.3 is 0 Å². The SMILES string of the molecule is CN1CCC2(CC1)C[C@H](NC(=O)c1ccc(S(=O)(=O)N3CCOCC3)cc1)c1ccccc1O2. The maximum atomic E-state index is 13.2. The average molecular weight is 486 g/mol. The molecule has 1 N–H and O–H groups in total. The van der Waals surface area contributed by atoms with Gasteiger partial charge in [-0.1, -0.05) is 18.2 Å². The molecule has 9 heteroatoms. The first-order chi connectivity index (χ1) is 16.4. The molecule has 3 heterocycles. The lowest BCUT2D eigenvalue weighted by Crippen LogP contribution is -2.51. The predicted molar refractivity (Wildman–Crippen MR) is 127 cm³/mol. The molecule has 0 unspecified atom stereocenters. The van der Waals surface area contributed by atoms with Crippen molar-refractivity contribution < 1.29 is 22.7 Å². The van der Waals surface area contributed by atoms with Crippen molar-refractivity contribution in [1.29, 1.82) is 0 Å². The first kappa shape index (κ1) is 23.3. The number of hydrogen-bond acceptors (Lipinski definition) is 6. The molecule has 0 saturated carbocycles. The third kappa shape index (κ3) is 4.57. The van der Waals surface area contributed by atoms with Gasteiger partial charge in [-0.15, -0.1) is 0 Å². The summed E-state index contributed by atoms with van der Waals surface area (Å²) in [4.78, 5) is 15.7. The summed E-state index contributed by atoms with van der Waals surface area (Å²) in [6, 6.07) is 13.9. The topological polar surface area (TPSA) is 88.2 Å². The van der Waals surface area contributed by atoms with Crippen molar-refractivity contribution in [3.8, 4) is 5.75 Å². The van der Waals surface area contributed by atoms with Crippen molar-refractivity contribution >= 4 is 15.9 Å². The van der Waals surface area contributed by atoms with Gasteiger partial charge in [0.2, 0.25) is 10.0 Å². The molecule has 0 aliphatic carbocycles. The zero-order valence-electron chi connectivity index (χ0n) is 19.4. The molecule has 34 heavy (non-hydrogen) atoms. The molecule has 2 saturated heterocycles. The van der Waals surface area contributed by atoms with Gasteiger partial charge in [-0.3, -0.25) is 4.79 Å². The van der Waals surface area contributed by atoms with Crippen LogP contribution in [0.1, 0.15) is 41.2 Å². The van der Waals surface area contributed by atoms with Crippen molar-refractivity contribution in [3.05, 3.63) is 59.7 Å². The van der Waals surface area contributed by atoms with Crippen molar-refractivity contribution in [3.63, 3.8) is 0 Å². The number of likely N-dealkylation sites (tertiary alicyclic amines) is 1. The second-order valence-electron chi connectivity index (χ2n) is 9.40. The molecule has 2 aromatic carbocycles. The Morgan fingerprint density at radius 2 is 1.68 bits per heavy atom. The highest BCUT2D eigenvalue weighted by atomic mass is 32.2. The van der Waals surface area contributed by atoms with Crippen LogP contribution in [-0.2, 0) is 14.8 Å². The summed E-state index contributed by atoms with van der Waals surface area (Å²) in [7, 11) is -1.48. The molecule has 0 aromatic heterocycles. The minimum absolute atomic E-state index is 0.169. The summed E-state index contributed by atoms with van der Waals surface area (Å²) >= 11 is 0. The fourth-order valence-electron chi connectivity index (χ4n) is 5.04. The van der Waals surface area contributed by atoms with Crippen LogP contribution in [0.2, 0.25) is 0 Å². The van der Waals surface area contributed by atoms with Crippen LogP contribution in [0.25, 0.3) is 0 Å². The lowest BCUT2D eigenvalue weighted by molar-refractivity contribution is -0.0195. The van der Waals surface area contributed by atoms with E-state index < -0.39 is 10.0 Å². The monoisotopic (exact) mass is 485 g/mol. The molecule has 2 aromatic rings. The van der Waals surface area contributed by atoms with Crippen LogP contribution in [-0.4, -0.2) is 75.6 Å². The molecule has 5 rings (SSSR count). The summed E-state index contributed by atoms with van der Waals surface area (Å²) in [6.45, 7) is 3.38. The number of carbonyl (C=O) groups excluding carboxylic acids is 1. The molecule has 3 aliphatic heterocycles. The highest BCUT2D eigenvalue weighted by Crippen LogP contribution is 2.44. The molecular formula is C25H31N3O5S. The number of para-hydroxylation sites is 1. The second kappa shape index (κ2) is 9.30. The van der Waals surface area contributed by atoms with Gasteiger partial charge in [0.1, 0.15) is 11.4 Å². The van der Waals surface area contributed by atoms with Gasteiger partial charge in [-0.2, -0.15) is 4.31 Å². The number of hydrogen-bond donors (Lipinski definition) is 1. The number of amides is 1. The molecule has 182 valence electrons. The summed E-state index contributed by atoms with van der Waals surface area (Å²) < 4.78 is 38.9. The number of rotatable bonds is 4. The van der Waals surface area contributed by atoms with Crippen LogP contribution in [0, 0.1) is 0 Å². The normalized spacial score (nSPS) is 23.1. The van der Waals surface area contributed by atoms with Crippen LogP contribution in [0.15, 0.2) is 53.4 Å². The van der Waals surface area contributed by atoms with E-state index in [2.05, 4.69) is 17.3 Å². The summed E-state index contributed by atoms with van der Waals surface area (Å²) in [5, 5.41) is 3.19. The summed E-state index contributed by atoms with van der Waals surface area (Å²) in [5.41, 5.74) is 1.13. The first-order valence-electron chi connectivity index (χ1n) is 11.8. The first-order valence-corrected chi connectivity index (χ1v) is 13.3. The minimum atomic E-state index is -3.59. The maximum Gasteiger partial charge on any atom is 0.251 e. The highest BCUT2D eigenvalue weighted by molar-refractivity contribution is 7.89. The standard InChI is InChI=1S/C25H31N3O5S/c1-27-12-10-25(11-13-27)18-22(21-4-2-3-5-23(21)33-25)26-24(29)19-6-8-20(9-7-19)34(30,31)28-14-16-32-17-15-28/h2-9,22H,10-18H2,1H3,(H,26,29)/t22-/m0/s1. The Morgan fingerprint density at radius 1 is 1.00 bits per heavy atom. The van der Waals surface area contributed by atoms with Crippen LogP contribution >= 0.6 is 0 Å². The number of nitrogens with one attached hydrogen (secondary N) is 1. The number of morpholine rings is 1. The van der Waals surface area contributed by atoms with Crippen molar-refractivity contribution in [1.82, 2.24) is 14.5 Å². The lowest BCUT2D eigenvalue weighted by atomic mass is 9.80. The van der Waals surface area contributed by atoms with E-state index >= 15 is 0 Å². The van der Waals surface area contributed by atoms with E-state index in [0.29, 0.717) is 38.3 Å². The Hall–Kier alpha value is -2.46. The Labute approximate surface area is 200 Å². The molecule has 0 radical (unpaired) electrons. The number of nitrogens with zero attached hydrogens (tertiary/aromatic N) is 2. The minimum Gasteiger partial charge on any atom is -0.487 e. The molecule has 1 atom stereocenters. The van der Waals surface area contributed by atoms with E-state index in [9.17, 15) is 13.2 Å². The largest absolute Gasteiger partial charge is 0.487 e. The van der Waals surface area contributed by atoms with E-state index in [-0.39, 0.29) is 22.4 Å². The fraction of sp³-hybridized carbons (Fsp3) is 0.480. The van der Waals surface area contributed by atoms with E-state index in [0.717, 1.165) is 37.2 Å². The van der Waals surface area contributed by atoms with Crippen LogP contribution in [0.3, 0.4) is 0 Å². The molecule has 3 aliphatic rings. The van der Waals surface area contributed by atoms with Gasteiger partial charge in [0.25, 0.3) is 5.91 Å². The Balaban J connectivity index is 1.33. The second-order valence-corrected chi connectivity index (χ2v) is 11.3. The van der Waals surface area contributed by atoms with Gasteiger partial charge in [0, 0.05) is 43.7 Å².